The fourth-order valence-corrected chi connectivity index (χ4v) is 2.94. The van der Waals surface area contributed by atoms with Crippen LogP contribution in [0.1, 0.15) is 43.3 Å². The van der Waals surface area contributed by atoms with E-state index >= 15 is 0 Å². The number of amides is 1. The van der Waals surface area contributed by atoms with E-state index < -0.39 is 23.2 Å². The van der Waals surface area contributed by atoms with Gasteiger partial charge in [-0.2, -0.15) is 18.3 Å². The molecule has 1 amide bonds. The number of nitrogens with zero attached hydrogens (tertiary/aromatic N) is 2. The molecule has 8 heteroatoms. The van der Waals surface area contributed by atoms with Crippen molar-refractivity contribution >= 4 is 34.2 Å². The van der Waals surface area contributed by atoms with Gasteiger partial charge in [0.2, 0.25) is 0 Å². The number of benzene rings is 1. The first-order valence-electron chi connectivity index (χ1n) is 8.07. The summed E-state index contributed by atoms with van der Waals surface area (Å²) in [4.78, 5) is 12.9. The topological polar surface area (TPSA) is 46.9 Å². The smallest absolute Gasteiger partial charge is 0.323 e. The van der Waals surface area contributed by atoms with Crippen LogP contribution in [0.4, 0.5) is 18.9 Å². The molecule has 0 aliphatic carbocycles. The fraction of sp³-hybridized carbons (Fsp3) is 0.368. The average molecular weight is 489 g/mol. The lowest BCUT2D eigenvalue weighted by atomic mass is 10.0. The number of hydrogen-bond donors (Lipinski definition) is 1. The number of hydrogen-bond acceptors (Lipinski definition) is 2. The molecule has 27 heavy (non-hydrogen) atoms. The summed E-state index contributed by atoms with van der Waals surface area (Å²) in [6.07, 6.45) is -4.48. The Labute approximate surface area is 169 Å². The van der Waals surface area contributed by atoms with Crippen molar-refractivity contribution in [2.45, 2.75) is 46.3 Å². The van der Waals surface area contributed by atoms with Gasteiger partial charge >= 0.3 is 6.18 Å². The Morgan fingerprint density at radius 2 is 1.89 bits per heavy atom. The van der Waals surface area contributed by atoms with E-state index in [1.165, 1.54) is 13.0 Å². The predicted molar refractivity (Wildman–Crippen MR) is 106 cm³/mol. The molecule has 0 unspecified atom stereocenters. The maximum absolute atomic E-state index is 12.9. The Balaban J connectivity index is 2.41. The standard InChI is InChI=1S/C19H19F3IN3O/c1-6-7-13-10-14(19(20,21)22)8-9-15(13)24-17(27)18(4,5)26-12(3)16(23)11(2)25-26/h8-10H,1-5H3,(H,24,27). The number of aryl methyl sites for hydroxylation is 1. The van der Waals surface area contributed by atoms with Crippen LogP contribution in [0.5, 0.6) is 0 Å². The summed E-state index contributed by atoms with van der Waals surface area (Å²) in [5, 5.41) is 7.12. The van der Waals surface area contributed by atoms with E-state index in [1.54, 1.807) is 18.5 Å². The molecule has 2 rings (SSSR count). The summed E-state index contributed by atoms with van der Waals surface area (Å²) in [5.41, 5.74) is 0.129. The molecule has 2 aromatic rings. The van der Waals surface area contributed by atoms with E-state index in [4.69, 9.17) is 0 Å². The van der Waals surface area contributed by atoms with Crippen molar-refractivity contribution in [2.75, 3.05) is 5.32 Å². The van der Waals surface area contributed by atoms with E-state index in [9.17, 15) is 18.0 Å². The lowest BCUT2D eigenvalue weighted by molar-refractivity contribution is -0.137. The third kappa shape index (κ3) is 4.29. The summed E-state index contributed by atoms with van der Waals surface area (Å²) >= 11 is 2.16. The minimum absolute atomic E-state index is 0.111. The van der Waals surface area contributed by atoms with Gasteiger partial charge in [-0.05, 0) is 75.4 Å². The van der Waals surface area contributed by atoms with Crippen molar-refractivity contribution in [1.82, 2.24) is 9.78 Å². The van der Waals surface area contributed by atoms with E-state index in [0.717, 1.165) is 27.1 Å². The second-order valence-corrected chi connectivity index (χ2v) is 7.62. The Hall–Kier alpha value is -2.02. The second-order valence-electron chi connectivity index (χ2n) is 6.54. The Bertz CT molecular complexity index is 950. The van der Waals surface area contributed by atoms with Crippen molar-refractivity contribution in [3.63, 3.8) is 0 Å². The first-order valence-corrected chi connectivity index (χ1v) is 9.15. The van der Waals surface area contributed by atoms with Crippen molar-refractivity contribution in [2.24, 2.45) is 0 Å². The fourth-order valence-electron chi connectivity index (χ4n) is 2.61. The first-order chi connectivity index (χ1) is 12.4. The molecule has 0 atom stereocenters. The molecule has 0 fully saturated rings. The van der Waals surface area contributed by atoms with Crippen molar-refractivity contribution in [1.29, 1.82) is 0 Å². The van der Waals surface area contributed by atoms with Gasteiger partial charge in [-0.15, -0.1) is 5.92 Å². The van der Waals surface area contributed by atoms with Gasteiger partial charge < -0.3 is 5.32 Å². The summed E-state index contributed by atoms with van der Waals surface area (Å²) in [7, 11) is 0. The number of alkyl halides is 3. The quantitative estimate of drug-likeness (QED) is 0.494. The van der Waals surface area contributed by atoms with Crippen molar-refractivity contribution in [3.8, 4) is 11.8 Å². The highest BCUT2D eigenvalue weighted by Crippen LogP contribution is 2.32. The summed E-state index contributed by atoms with van der Waals surface area (Å²) in [6.45, 7) is 8.64. The highest BCUT2D eigenvalue weighted by atomic mass is 127. The molecule has 1 heterocycles. The molecule has 144 valence electrons. The van der Waals surface area contributed by atoms with Crippen LogP contribution < -0.4 is 5.32 Å². The third-order valence-corrected chi connectivity index (χ3v) is 5.70. The lowest BCUT2D eigenvalue weighted by Gasteiger charge is -2.26. The number of carbonyl (C=O) groups excluding carboxylic acids is 1. The molecule has 0 aliphatic heterocycles. The maximum atomic E-state index is 12.9. The van der Waals surface area contributed by atoms with Crippen LogP contribution in [-0.2, 0) is 16.5 Å². The van der Waals surface area contributed by atoms with E-state index in [2.05, 4.69) is 44.8 Å². The molecule has 1 N–H and O–H groups in total. The Morgan fingerprint density at radius 1 is 1.26 bits per heavy atom. The van der Waals surface area contributed by atoms with Gasteiger partial charge in [-0.25, -0.2) is 0 Å². The van der Waals surface area contributed by atoms with Crippen molar-refractivity contribution in [3.05, 3.63) is 44.3 Å². The van der Waals surface area contributed by atoms with Crippen LogP contribution in [0.25, 0.3) is 0 Å². The Kier molecular flexibility index (Phi) is 5.94. The van der Waals surface area contributed by atoms with Crippen LogP contribution in [0.2, 0.25) is 0 Å². The molecule has 0 radical (unpaired) electrons. The number of aromatic nitrogens is 2. The third-order valence-electron chi connectivity index (χ3n) is 4.14. The van der Waals surface area contributed by atoms with Gasteiger partial charge in [0.15, 0.2) is 0 Å². The zero-order valence-corrected chi connectivity index (χ0v) is 17.7. The summed E-state index contributed by atoms with van der Waals surface area (Å²) in [5.74, 6) is 4.80. The van der Waals surface area contributed by atoms with Crippen LogP contribution in [0.15, 0.2) is 18.2 Å². The van der Waals surface area contributed by atoms with Gasteiger partial charge in [0.25, 0.3) is 5.91 Å². The second kappa shape index (κ2) is 7.54. The molecular weight excluding hydrogens is 470 g/mol. The lowest BCUT2D eigenvalue weighted by Crippen LogP contribution is -2.41. The van der Waals surface area contributed by atoms with E-state index in [-0.39, 0.29) is 11.3 Å². The van der Waals surface area contributed by atoms with Gasteiger partial charge in [0, 0.05) is 5.56 Å². The zero-order chi connectivity index (χ0) is 20.6. The Morgan fingerprint density at radius 3 is 2.37 bits per heavy atom. The molecule has 1 aromatic heterocycles. The molecule has 0 saturated carbocycles. The summed E-state index contributed by atoms with van der Waals surface area (Å²) < 4.78 is 41.4. The number of rotatable bonds is 3. The van der Waals surface area contributed by atoms with E-state index in [0.29, 0.717) is 0 Å². The molecule has 0 saturated heterocycles. The molecule has 4 nitrogen and oxygen atoms in total. The minimum Gasteiger partial charge on any atom is -0.323 e. The predicted octanol–water partition coefficient (Wildman–Crippen LogP) is 4.87. The van der Waals surface area contributed by atoms with Gasteiger partial charge in [0.05, 0.1) is 26.2 Å². The van der Waals surface area contributed by atoms with Crippen molar-refractivity contribution < 1.29 is 18.0 Å². The van der Waals surface area contributed by atoms with Crippen LogP contribution in [0.3, 0.4) is 0 Å². The molecule has 0 aliphatic rings. The molecule has 0 spiro atoms. The number of nitrogens with one attached hydrogen (secondary N) is 1. The van der Waals surface area contributed by atoms with Crippen LogP contribution >= 0.6 is 22.6 Å². The van der Waals surface area contributed by atoms with Gasteiger partial charge in [0.1, 0.15) is 5.54 Å². The van der Waals surface area contributed by atoms with Gasteiger partial charge in [-0.1, -0.05) is 5.92 Å². The zero-order valence-electron chi connectivity index (χ0n) is 15.5. The monoisotopic (exact) mass is 489 g/mol. The normalized spacial score (nSPS) is 11.7. The highest BCUT2D eigenvalue weighted by Gasteiger charge is 2.34. The van der Waals surface area contributed by atoms with Crippen LogP contribution in [-0.4, -0.2) is 15.7 Å². The van der Waals surface area contributed by atoms with E-state index in [1.807, 2.05) is 13.8 Å². The minimum atomic E-state index is -4.48. The molecular formula is C19H19F3IN3O. The largest absolute Gasteiger partial charge is 0.416 e. The molecule has 0 bridgehead atoms. The SMILES string of the molecule is CC#Cc1cc(C(F)(F)F)ccc1NC(=O)C(C)(C)n1nc(C)c(I)c1C. The number of carbonyl (C=O) groups is 1. The van der Waals surface area contributed by atoms with Gasteiger partial charge in [-0.3, -0.25) is 9.48 Å². The first kappa shape index (κ1) is 21.3. The number of halogens is 4. The van der Waals surface area contributed by atoms with Crippen LogP contribution in [0, 0.1) is 29.3 Å². The highest BCUT2D eigenvalue weighted by molar-refractivity contribution is 14.1. The average Bonchev–Trinajstić information content (AvgIpc) is 2.83. The maximum Gasteiger partial charge on any atom is 0.416 e. The summed E-state index contributed by atoms with van der Waals surface area (Å²) in [6, 6.07) is 3.09. The molecule has 1 aromatic carbocycles. The number of anilines is 1.